The summed E-state index contributed by atoms with van der Waals surface area (Å²) >= 11 is 0. The fourth-order valence-corrected chi connectivity index (χ4v) is 11.5. The van der Waals surface area contributed by atoms with Gasteiger partial charge in [-0.25, -0.2) is 9.37 Å². The van der Waals surface area contributed by atoms with E-state index in [2.05, 4.69) is 32.8 Å². The molecule has 3 saturated carbocycles. The van der Waals surface area contributed by atoms with Crippen LogP contribution >= 0.6 is 0 Å². The van der Waals surface area contributed by atoms with Crippen molar-refractivity contribution in [3.8, 4) is 0 Å². The van der Waals surface area contributed by atoms with E-state index in [-0.39, 0.29) is 31.3 Å². The Kier molecular flexibility index (Phi) is 12.3. The normalized spacial score (nSPS) is 33.2. The first-order valence-corrected chi connectivity index (χ1v) is 22.5. The molecule has 66 heavy (non-hydrogen) atoms. The summed E-state index contributed by atoms with van der Waals surface area (Å²) < 4.78 is 31.0. The van der Waals surface area contributed by atoms with Crippen molar-refractivity contribution in [2.75, 3.05) is 23.8 Å². The minimum Gasteiger partial charge on any atom is -0.390 e. The monoisotopic (exact) mass is 908 g/mol. The molecular weight excluding hydrogens is 852 g/mol. The summed E-state index contributed by atoms with van der Waals surface area (Å²) in [5, 5.41) is 33.4. The van der Waals surface area contributed by atoms with Crippen LogP contribution in [-0.4, -0.2) is 104 Å². The van der Waals surface area contributed by atoms with Crippen LogP contribution in [0, 0.1) is 22.7 Å². The summed E-state index contributed by atoms with van der Waals surface area (Å²) in [5.74, 6) is -3.61. The fourth-order valence-electron chi connectivity index (χ4n) is 11.5. The zero-order valence-electron chi connectivity index (χ0n) is 37.6. The van der Waals surface area contributed by atoms with Gasteiger partial charge in [0.2, 0.25) is 17.7 Å². The Bertz CT molecular complexity index is 2420. The van der Waals surface area contributed by atoms with Gasteiger partial charge in [0, 0.05) is 65.4 Å². The van der Waals surface area contributed by atoms with Gasteiger partial charge in [-0.1, -0.05) is 49.4 Å². The summed E-state index contributed by atoms with van der Waals surface area (Å²) in [6.07, 6.45) is 7.41. The number of carbonyl (C=O) groups is 6. The number of aliphatic hydroxyl groups is 2. The molecule has 1 saturated heterocycles. The maximum absolute atomic E-state index is 17.8. The Morgan fingerprint density at radius 1 is 0.970 bits per heavy atom. The molecule has 0 bridgehead atoms. The van der Waals surface area contributed by atoms with Gasteiger partial charge < -0.3 is 41.0 Å². The summed E-state index contributed by atoms with van der Waals surface area (Å²) in [6, 6.07) is 8.47. The lowest BCUT2D eigenvalue weighted by atomic mass is 9.44. The number of hydrogen-bond acceptors (Lipinski definition) is 12. The molecule has 2 aliphatic heterocycles. The number of anilines is 2. The molecule has 2 aromatic rings. The highest BCUT2D eigenvalue weighted by Crippen LogP contribution is 2.72. The van der Waals surface area contributed by atoms with Gasteiger partial charge in [-0.05, 0) is 94.7 Å². The van der Waals surface area contributed by atoms with Crippen molar-refractivity contribution >= 4 is 46.8 Å². The van der Waals surface area contributed by atoms with Crippen LogP contribution in [0.25, 0.3) is 0 Å². The van der Waals surface area contributed by atoms with Gasteiger partial charge in [0.05, 0.1) is 12.2 Å². The van der Waals surface area contributed by atoms with Crippen molar-refractivity contribution in [2.45, 2.75) is 115 Å². The van der Waals surface area contributed by atoms with E-state index < -0.39 is 101 Å². The molecule has 5 amide bonds. The van der Waals surface area contributed by atoms with Crippen LogP contribution in [0.2, 0.25) is 0 Å². The average molecular weight is 909 g/mol. The Labute approximate surface area is 382 Å². The lowest BCUT2D eigenvalue weighted by Crippen LogP contribution is -2.69. The quantitative estimate of drug-likeness (QED) is 0.147. The predicted molar refractivity (Wildman–Crippen MR) is 238 cm³/mol. The summed E-state index contributed by atoms with van der Waals surface area (Å²) in [5.41, 5.74) is -2.08. The Hall–Kier alpha value is -5.88. The summed E-state index contributed by atoms with van der Waals surface area (Å²) in [6.45, 7) is 11.7. The van der Waals surface area contributed by atoms with Gasteiger partial charge >= 0.3 is 0 Å². The van der Waals surface area contributed by atoms with Gasteiger partial charge in [-0.3, -0.25) is 33.7 Å². The average Bonchev–Trinajstić information content (AvgIpc) is 3.91. The standard InChI is InChI=1S/C49H57FN6O10/c1-26-17-19-46(5)32(21-26)10-13-34-35-22-38-49(37(59)25-57,47(35,6)23-36(58)48(34,46)50)66-45(65-38)31-9-14-39(51-24-31)52-27(2)30-7-11-33(12-8-30)55-44(64)29(4)54-43(63)28(3)53-40(60)18-20-56-41(61)15-16-42(56)62/h7-9,11-12,14-17,19,21,24,27-29,34-36,38,45,57-58H,1,10,13,18,20,22-23,25H2,2-6H3,(H,51,52)(H,53,60)(H,54,63)(H,55,64)/t27-,28+,29+,34+,35+,36+,38-,45-,46+,47+,48+,49-/m1/s1. The number of hydrogen-bond donors (Lipinski definition) is 6. The molecule has 6 N–H and O–H groups in total. The van der Waals surface area contributed by atoms with Crippen LogP contribution in [0.15, 0.2) is 90.7 Å². The number of nitrogens with zero attached hydrogens (tertiary/aromatic N) is 2. The smallest absolute Gasteiger partial charge is 0.253 e. The van der Waals surface area contributed by atoms with E-state index in [1.54, 1.807) is 30.5 Å². The molecule has 4 fully saturated rings. The Balaban J connectivity index is 0.850. The number of aliphatic hydroxyl groups excluding tert-OH is 2. The number of ether oxygens (including phenoxy) is 2. The molecule has 350 valence electrons. The number of imide groups is 1. The second-order valence-corrected chi connectivity index (χ2v) is 18.9. The number of fused-ring (bicyclic) bond motifs is 7. The SMILES string of the molecule is C=C1C=C[C@@]2(C)C(=C1)CC[C@H]1[C@@H]3C[C@H]4O[C@@H](c5ccc(N[C@H](C)c6ccc(NC(=O)[C@H](C)NC(=O)[C@H](C)NC(=O)CCN7C(=O)C=CC7=O)cc6)nc5)O[C@@]4(C(=O)CO)[C@@]3(C)C[C@H](O)[C@@]12F. The highest BCUT2D eigenvalue weighted by molar-refractivity contribution is 6.13. The predicted octanol–water partition coefficient (Wildman–Crippen LogP) is 4.20. The molecule has 6 aliphatic rings. The van der Waals surface area contributed by atoms with E-state index >= 15 is 4.39 Å². The second-order valence-electron chi connectivity index (χ2n) is 18.9. The molecule has 17 heteroatoms. The summed E-state index contributed by atoms with van der Waals surface area (Å²) in [7, 11) is 0. The first-order valence-electron chi connectivity index (χ1n) is 22.5. The largest absolute Gasteiger partial charge is 0.390 e. The van der Waals surface area contributed by atoms with Gasteiger partial charge in [0.15, 0.2) is 23.3 Å². The van der Waals surface area contributed by atoms with E-state index in [1.807, 2.05) is 51.1 Å². The van der Waals surface area contributed by atoms with Crippen molar-refractivity contribution in [3.05, 3.63) is 102 Å². The van der Waals surface area contributed by atoms with Gasteiger partial charge in [-0.15, -0.1) is 0 Å². The lowest BCUT2D eigenvalue weighted by molar-refractivity contribution is -0.231. The number of alkyl halides is 1. The maximum Gasteiger partial charge on any atom is 0.253 e. The van der Waals surface area contributed by atoms with Gasteiger partial charge in [0.1, 0.15) is 24.5 Å². The molecule has 1 aromatic heterocycles. The molecule has 12 atom stereocenters. The van der Waals surface area contributed by atoms with Crippen LogP contribution in [0.1, 0.15) is 90.2 Å². The summed E-state index contributed by atoms with van der Waals surface area (Å²) in [4.78, 5) is 80.9. The minimum absolute atomic E-state index is 0.0526. The molecular formula is C49H57FN6O10. The zero-order valence-corrected chi connectivity index (χ0v) is 37.6. The molecule has 0 spiro atoms. The maximum atomic E-state index is 17.8. The topological polar surface area (TPSA) is 226 Å². The molecule has 8 rings (SSSR count). The van der Waals surface area contributed by atoms with Gasteiger partial charge in [0.25, 0.3) is 11.8 Å². The number of carbonyl (C=O) groups excluding carboxylic acids is 6. The number of Topliss-reactive ketones (excluding diaryl/α,β-unsaturated/α-hetero) is 1. The number of benzene rings is 1. The Morgan fingerprint density at radius 3 is 2.33 bits per heavy atom. The number of halogens is 1. The van der Waals surface area contributed by atoms with Crippen LogP contribution in [0.5, 0.6) is 0 Å². The number of ketones is 1. The van der Waals surface area contributed by atoms with E-state index in [0.717, 1.165) is 33.8 Å². The van der Waals surface area contributed by atoms with Crippen LogP contribution < -0.4 is 21.3 Å². The minimum atomic E-state index is -1.99. The molecule has 4 aliphatic carbocycles. The number of nitrogens with one attached hydrogen (secondary N) is 4. The number of amides is 5. The van der Waals surface area contributed by atoms with Crippen LogP contribution in [0.3, 0.4) is 0 Å². The van der Waals surface area contributed by atoms with E-state index in [4.69, 9.17) is 9.47 Å². The van der Waals surface area contributed by atoms with Crippen molar-refractivity contribution in [1.82, 2.24) is 20.5 Å². The van der Waals surface area contributed by atoms with Crippen molar-refractivity contribution in [1.29, 1.82) is 0 Å². The van der Waals surface area contributed by atoms with Crippen LogP contribution in [0.4, 0.5) is 15.9 Å². The number of allylic oxidation sites excluding steroid dienone is 5. The van der Waals surface area contributed by atoms with Crippen molar-refractivity contribution in [2.24, 2.45) is 22.7 Å². The van der Waals surface area contributed by atoms with Crippen molar-refractivity contribution in [3.63, 3.8) is 0 Å². The Morgan fingerprint density at radius 2 is 1.67 bits per heavy atom. The number of rotatable bonds is 14. The third-order valence-corrected chi connectivity index (χ3v) is 15.1. The third-order valence-electron chi connectivity index (χ3n) is 15.1. The van der Waals surface area contributed by atoms with Gasteiger partial charge in [-0.2, -0.15) is 0 Å². The highest BCUT2D eigenvalue weighted by atomic mass is 19.1. The third kappa shape index (κ3) is 7.68. The van der Waals surface area contributed by atoms with E-state index in [9.17, 15) is 39.0 Å². The zero-order chi connectivity index (χ0) is 47.5. The lowest BCUT2D eigenvalue weighted by Gasteiger charge is -2.62. The van der Waals surface area contributed by atoms with E-state index in [1.165, 1.54) is 13.8 Å². The molecule has 16 nitrogen and oxygen atoms in total. The molecule has 0 radical (unpaired) electrons. The second kappa shape index (κ2) is 17.4. The number of pyridine rings is 1. The first kappa shape index (κ1) is 46.6. The van der Waals surface area contributed by atoms with Crippen LogP contribution in [-0.2, 0) is 38.2 Å². The first-order chi connectivity index (χ1) is 31.2. The highest BCUT2D eigenvalue weighted by Gasteiger charge is 2.79. The van der Waals surface area contributed by atoms with Crippen molar-refractivity contribution < 1.29 is 52.8 Å². The molecule has 0 unspecified atom stereocenters. The fraction of sp³-hybridized carbons (Fsp3) is 0.490. The molecule has 1 aromatic carbocycles. The molecule has 3 heterocycles. The number of aromatic nitrogens is 1. The van der Waals surface area contributed by atoms with E-state index in [0.29, 0.717) is 36.3 Å².